The first-order chi connectivity index (χ1) is 13.7. The summed E-state index contributed by atoms with van der Waals surface area (Å²) >= 11 is 0. The standard InChI is InChI=1S/C20H22FN5O2/c21-17-10-24-11-20(17,12-26-19(27)16-9-23-6-7-28-16)15-4-3-13(8-22)18-14(15)2-1-5-25-18/h1-5,16-17,23-24H,6-7,9-12H2,(H,26,27)/t16?,17-,20-/m0/s1. The van der Waals surface area contributed by atoms with Crippen molar-refractivity contribution in [2.75, 3.05) is 39.3 Å². The van der Waals surface area contributed by atoms with Gasteiger partial charge in [0.2, 0.25) is 5.91 Å². The summed E-state index contributed by atoms with van der Waals surface area (Å²) < 4.78 is 20.7. The van der Waals surface area contributed by atoms with Gasteiger partial charge in [0, 0.05) is 44.3 Å². The van der Waals surface area contributed by atoms with Crippen molar-refractivity contribution in [3.63, 3.8) is 0 Å². The van der Waals surface area contributed by atoms with Crippen LogP contribution in [0.3, 0.4) is 0 Å². The van der Waals surface area contributed by atoms with Gasteiger partial charge in [-0.3, -0.25) is 9.78 Å². The lowest BCUT2D eigenvalue weighted by Crippen LogP contribution is -2.53. The topological polar surface area (TPSA) is 99.1 Å². The zero-order chi connectivity index (χ0) is 19.6. The Morgan fingerprint density at radius 2 is 2.29 bits per heavy atom. The molecule has 2 saturated heterocycles. The Labute approximate surface area is 162 Å². The molecule has 0 spiro atoms. The average Bonchev–Trinajstić information content (AvgIpc) is 3.13. The minimum atomic E-state index is -1.19. The van der Waals surface area contributed by atoms with Crippen molar-refractivity contribution in [3.8, 4) is 6.07 Å². The maximum absolute atomic E-state index is 15.2. The fourth-order valence-electron chi connectivity index (χ4n) is 4.05. The Balaban J connectivity index is 1.68. The van der Waals surface area contributed by atoms with E-state index < -0.39 is 17.7 Å². The van der Waals surface area contributed by atoms with Gasteiger partial charge in [-0.25, -0.2) is 4.39 Å². The van der Waals surface area contributed by atoms with Gasteiger partial charge in [-0.05, 0) is 17.7 Å². The molecule has 2 aliphatic heterocycles. The van der Waals surface area contributed by atoms with Crippen LogP contribution in [-0.4, -0.2) is 62.5 Å². The van der Waals surface area contributed by atoms with Crippen molar-refractivity contribution in [2.24, 2.45) is 0 Å². The lowest BCUT2D eigenvalue weighted by molar-refractivity contribution is -0.134. The number of ether oxygens (including phenoxy) is 1. The molecule has 2 aromatic rings. The summed E-state index contributed by atoms with van der Waals surface area (Å²) in [6.45, 7) is 2.36. The van der Waals surface area contributed by atoms with E-state index in [-0.39, 0.29) is 19.0 Å². The van der Waals surface area contributed by atoms with Crippen molar-refractivity contribution >= 4 is 16.8 Å². The maximum Gasteiger partial charge on any atom is 0.250 e. The van der Waals surface area contributed by atoms with Gasteiger partial charge in [0.15, 0.2) is 0 Å². The van der Waals surface area contributed by atoms with Crippen molar-refractivity contribution in [2.45, 2.75) is 17.7 Å². The van der Waals surface area contributed by atoms with Crippen LogP contribution in [0.1, 0.15) is 11.1 Å². The van der Waals surface area contributed by atoms with Crippen LogP contribution >= 0.6 is 0 Å². The average molecular weight is 383 g/mol. The summed E-state index contributed by atoms with van der Waals surface area (Å²) in [6, 6.07) is 9.22. The van der Waals surface area contributed by atoms with Crippen molar-refractivity contribution in [3.05, 3.63) is 41.6 Å². The first-order valence-electron chi connectivity index (χ1n) is 9.39. The molecule has 1 aromatic heterocycles. The number of amides is 1. The SMILES string of the molecule is N#Cc1ccc([C@@]2(CNC(=O)C3CNCCO3)CNC[C@@H]2F)c2cccnc12. The van der Waals surface area contributed by atoms with Gasteiger partial charge < -0.3 is 20.7 Å². The van der Waals surface area contributed by atoms with Gasteiger partial charge in [-0.2, -0.15) is 5.26 Å². The Morgan fingerprint density at radius 3 is 3.00 bits per heavy atom. The highest BCUT2D eigenvalue weighted by Gasteiger charge is 2.46. The van der Waals surface area contributed by atoms with Gasteiger partial charge in [-0.1, -0.05) is 12.1 Å². The normalized spacial score (nSPS) is 27.4. The molecule has 8 heteroatoms. The molecule has 146 valence electrons. The first-order valence-corrected chi connectivity index (χ1v) is 9.39. The third-order valence-electron chi connectivity index (χ3n) is 5.59. The van der Waals surface area contributed by atoms with Crippen LogP contribution in [-0.2, 0) is 14.9 Å². The highest BCUT2D eigenvalue weighted by Crippen LogP contribution is 2.37. The van der Waals surface area contributed by atoms with Crippen molar-refractivity contribution in [1.82, 2.24) is 20.9 Å². The number of pyridine rings is 1. The van der Waals surface area contributed by atoms with E-state index in [0.29, 0.717) is 37.3 Å². The van der Waals surface area contributed by atoms with Crippen molar-refractivity contribution in [1.29, 1.82) is 5.26 Å². The number of hydrogen-bond acceptors (Lipinski definition) is 6. The largest absolute Gasteiger partial charge is 0.366 e. The number of fused-ring (bicyclic) bond motifs is 1. The molecule has 1 aromatic carbocycles. The van der Waals surface area contributed by atoms with Crippen LogP contribution in [0.15, 0.2) is 30.5 Å². The molecule has 7 nitrogen and oxygen atoms in total. The van der Waals surface area contributed by atoms with Gasteiger partial charge in [0.25, 0.3) is 0 Å². The van der Waals surface area contributed by atoms with Gasteiger partial charge in [-0.15, -0.1) is 0 Å². The number of nitriles is 1. The molecular weight excluding hydrogens is 361 g/mol. The van der Waals surface area contributed by atoms with Crippen LogP contribution in [0.4, 0.5) is 4.39 Å². The van der Waals surface area contributed by atoms with E-state index in [0.717, 1.165) is 10.9 Å². The lowest BCUT2D eigenvalue weighted by atomic mass is 9.76. The Kier molecular flexibility index (Phi) is 5.22. The maximum atomic E-state index is 15.2. The van der Waals surface area contributed by atoms with E-state index in [2.05, 4.69) is 27.0 Å². The predicted octanol–water partition coefficient (Wildman–Crippen LogP) is 0.390. The highest BCUT2D eigenvalue weighted by molar-refractivity contribution is 5.88. The number of alkyl halides is 1. The number of halogens is 1. The van der Waals surface area contributed by atoms with Crippen LogP contribution in [0.2, 0.25) is 0 Å². The molecule has 1 unspecified atom stereocenters. The molecule has 0 bridgehead atoms. The molecule has 3 atom stereocenters. The fraction of sp³-hybridized carbons (Fsp3) is 0.450. The van der Waals surface area contributed by atoms with E-state index >= 15 is 4.39 Å². The molecule has 28 heavy (non-hydrogen) atoms. The summed E-state index contributed by atoms with van der Waals surface area (Å²) in [6.07, 6.45) is -0.138. The number of nitrogens with one attached hydrogen (secondary N) is 3. The molecular formula is C20H22FN5O2. The van der Waals surface area contributed by atoms with E-state index in [9.17, 15) is 10.1 Å². The Bertz CT molecular complexity index is 924. The van der Waals surface area contributed by atoms with E-state index in [1.165, 1.54) is 0 Å². The zero-order valence-corrected chi connectivity index (χ0v) is 15.4. The lowest BCUT2D eigenvalue weighted by Gasteiger charge is -2.33. The quantitative estimate of drug-likeness (QED) is 0.707. The summed E-state index contributed by atoms with van der Waals surface area (Å²) in [4.78, 5) is 16.9. The second-order valence-corrected chi connectivity index (χ2v) is 7.21. The molecule has 2 aliphatic rings. The summed E-state index contributed by atoms with van der Waals surface area (Å²) in [7, 11) is 0. The van der Waals surface area contributed by atoms with Crippen LogP contribution in [0.25, 0.3) is 10.9 Å². The molecule has 0 radical (unpaired) electrons. The third-order valence-corrected chi connectivity index (χ3v) is 5.59. The summed E-state index contributed by atoms with van der Waals surface area (Å²) in [5.41, 5.74) is 0.802. The number of carbonyl (C=O) groups excluding carboxylic acids is 1. The Morgan fingerprint density at radius 1 is 1.39 bits per heavy atom. The van der Waals surface area contributed by atoms with E-state index in [1.54, 1.807) is 24.4 Å². The number of rotatable bonds is 4. The summed E-state index contributed by atoms with van der Waals surface area (Å²) in [5, 5.41) is 19.2. The molecule has 0 aliphatic carbocycles. The fourth-order valence-corrected chi connectivity index (χ4v) is 4.05. The van der Waals surface area contributed by atoms with Crippen LogP contribution < -0.4 is 16.0 Å². The van der Waals surface area contributed by atoms with Gasteiger partial charge in [0.05, 0.1) is 23.1 Å². The smallest absolute Gasteiger partial charge is 0.250 e. The first kappa shape index (κ1) is 18.7. The molecule has 4 rings (SSSR count). The molecule has 3 heterocycles. The van der Waals surface area contributed by atoms with Gasteiger partial charge >= 0.3 is 0 Å². The number of morpholine rings is 1. The minimum absolute atomic E-state index is 0.135. The molecule has 0 saturated carbocycles. The third kappa shape index (κ3) is 3.22. The van der Waals surface area contributed by atoms with Crippen LogP contribution in [0, 0.1) is 11.3 Å². The molecule has 1 amide bonds. The van der Waals surface area contributed by atoms with E-state index in [4.69, 9.17) is 4.74 Å². The number of aromatic nitrogens is 1. The number of benzene rings is 1. The van der Waals surface area contributed by atoms with Crippen LogP contribution in [0.5, 0.6) is 0 Å². The number of carbonyl (C=O) groups is 1. The summed E-state index contributed by atoms with van der Waals surface area (Å²) in [5.74, 6) is -0.248. The highest BCUT2D eigenvalue weighted by atomic mass is 19.1. The van der Waals surface area contributed by atoms with Gasteiger partial charge in [0.1, 0.15) is 18.3 Å². The number of nitrogens with zero attached hydrogens (tertiary/aromatic N) is 2. The van der Waals surface area contributed by atoms with Crippen molar-refractivity contribution < 1.29 is 13.9 Å². The molecule has 3 N–H and O–H groups in total. The predicted molar refractivity (Wildman–Crippen MR) is 102 cm³/mol. The van der Waals surface area contributed by atoms with E-state index in [1.807, 2.05) is 6.07 Å². The zero-order valence-electron chi connectivity index (χ0n) is 15.4. The minimum Gasteiger partial charge on any atom is -0.366 e. The second-order valence-electron chi connectivity index (χ2n) is 7.21. The molecule has 2 fully saturated rings. The monoisotopic (exact) mass is 383 g/mol. The second kappa shape index (κ2) is 7.80. The Hall–Kier alpha value is -2.60. The number of hydrogen-bond donors (Lipinski definition) is 3.